The second-order valence-corrected chi connectivity index (χ2v) is 10.7. The van der Waals surface area contributed by atoms with Gasteiger partial charge in [0.05, 0.1) is 26.0 Å². The molecule has 2 saturated heterocycles. The van der Waals surface area contributed by atoms with Crippen LogP contribution in [-0.2, 0) is 14.3 Å². The van der Waals surface area contributed by atoms with Crippen molar-refractivity contribution in [2.75, 3.05) is 41.5 Å². The molecule has 2 aliphatic heterocycles. The molecule has 1 aromatic carbocycles. The van der Waals surface area contributed by atoms with E-state index in [0.29, 0.717) is 45.9 Å². The third-order valence-corrected chi connectivity index (χ3v) is 8.08. The van der Waals surface area contributed by atoms with Crippen LogP contribution in [-0.4, -0.2) is 54.5 Å². The first-order chi connectivity index (χ1) is 14.4. The maximum Gasteiger partial charge on any atom is 0.262 e. The Hall–Kier alpha value is -1.59. The number of amides is 3. The van der Waals surface area contributed by atoms with Gasteiger partial charge in [0.2, 0.25) is 0 Å². The van der Waals surface area contributed by atoms with Crippen LogP contribution in [0, 0.1) is 0 Å². The van der Waals surface area contributed by atoms with E-state index in [2.05, 4.69) is 26.6 Å². The average Bonchev–Trinajstić information content (AvgIpc) is 3.12. The number of nitrogens with one attached hydrogen (secondary N) is 2. The highest BCUT2D eigenvalue weighted by molar-refractivity contribution is 9.11. The number of carbonyl (C=O) groups excluding carboxylic acids is 3. The van der Waals surface area contributed by atoms with Crippen LogP contribution >= 0.6 is 50.6 Å². The number of hydrogen-bond donors (Lipinski definition) is 2. The maximum atomic E-state index is 13.0. The summed E-state index contributed by atoms with van der Waals surface area (Å²) in [4.78, 5) is 39.7. The summed E-state index contributed by atoms with van der Waals surface area (Å²) in [6.45, 7) is 0.895. The summed E-state index contributed by atoms with van der Waals surface area (Å²) in [6.07, 6.45) is 0. The molecule has 0 radical (unpaired) electrons. The smallest absolute Gasteiger partial charge is 0.262 e. The number of anilines is 2. The van der Waals surface area contributed by atoms with Gasteiger partial charge in [0, 0.05) is 23.7 Å². The number of thioether (sulfide) groups is 1. The quantitative estimate of drug-likeness (QED) is 0.619. The molecule has 0 unspecified atom stereocenters. The molecule has 0 aliphatic carbocycles. The normalized spacial score (nSPS) is 17.9. The minimum absolute atomic E-state index is 0.0233. The number of hydrogen-bond acceptors (Lipinski definition) is 6. The van der Waals surface area contributed by atoms with E-state index in [-0.39, 0.29) is 24.3 Å². The summed E-state index contributed by atoms with van der Waals surface area (Å²) in [6, 6.07) is 8.51. The number of benzene rings is 1. The van der Waals surface area contributed by atoms with E-state index in [1.54, 1.807) is 47.0 Å². The molecule has 30 heavy (non-hydrogen) atoms. The fourth-order valence-electron chi connectivity index (χ4n) is 3.11. The van der Waals surface area contributed by atoms with Crippen LogP contribution in [0.3, 0.4) is 0 Å². The van der Waals surface area contributed by atoms with Crippen LogP contribution in [0.25, 0.3) is 0 Å². The average molecular weight is 531 g/mol. The Morgan fingerprint density at radius 3 is 2.63 bits per heavy atom. The van der Waals surface area contributed by atoms with Crippen molar-refractivity contribution >= 4 is 79.7 Å². The van der Waals surface area contributed by atoms with E-state index < -0.39 is 5.54 Å². The Bertz CT molecular complexity index is 1010. The highest BCUT2D eigenvalue weighted by Crippen LogP contribution is 2.34. The Labute approximate surface area is 194 Å². The summed E-state index contributed by atoms with van der Waals surface area (Å²) in [5.74, 6) is 0.251. The third kappa shape index (κ3) is 4.38. The van der Waals surface area contributed by atoms with Crippen molar-refractivity contribution < 1.29 is 19.1 Å². The molecule has 0 saturated carbocycles. The number of morpholine rings is 1. The zero-order valence-electron chi connectivity index (χ0n) is 15.6. The van der Waals surface area contributed by atoms with Gasteiger partial charge in [-0.25, -0.2) is 0 Å². The SMILES string of the molecule is O=C(NC1(C(=O)Nc2ccc(N3CCOCC3=O)c(Cl)c2)CSC1)c1ccc(Br)s1. The summed E-state index contributed by atoms with van der Waals surface area (Å²) in [5, 5.41) is 6.08. The van der Waals surface area contributed by atoms with E-state index in [9.17, 15) is 14.4 Å². The van der Waals surface area contributed by atoms with E-state index in [1.807, 2.05) is 0 Å². The fraction of sp³-hybridized carbons (Fsp3) is 0.316. The number of ether oxygens (including phenoxy) is 1. The predicted octanol–water partition coefficient (Wildman–Crippen LogP) is 3.38. The molecular weight excluding hydrogens is 514 g/mol. The van der Waals surface area contributed by atoms with Crippen LogP contribution in [0.1, 0.15) is 9.67 Å². The van der Waals surface area contributed by atoms with Gasteiger partial charge in [-0.3, -0.25) is 14.4 Å². The van der Waals surface area contributed by atoms with Gasteiger partial charge in [-0.15, -0.1) is 11.3 Å². The highest BCUT2D eigenvalue weighted by atomic mass is 79.9. The minimum atomic E-state index is -0.969. The minimum Gasteiger partial charge on any atom is -0.370 e. The lowest BCUT2D eigenvalue weighted by Crippen LogP contribution is -2.65. The van der Waals surface area contributed by atoms with Crippen LogP contribution in [0.4, 0.5) is 11.4 Å². The van der Waals surface area contributed by atoms with Crippen molar-refractivity contribution in [3.63, 3.8) is 0 Å². The number of halogens is 2. The lowest BCUT2D eigenvalue weighted by molar-refractivity contribution is -0.125. The molecule has 3 heterocycles. The van der Waals surface area contributed by atoms with E-state index in [0.717, 1.165) is 3.79 Å². The Morgan fingerprint density at radius 1 is 1.23 bits per heavy atom. The van der Waals surface area contributed by atoms with Crippen LogP contribution in [0.2, 0.25) is 5.02 Å². The number of thiophene rings is 1. The summed E-state index contributed by atoms with van der Waals surface area (Å²) in [7, 11) is 0. The second-order valence-electron chi connectivity index (χ2n) is 6.85. The summed E-state index contributed by atoms with van der Waals surface area (Å²) < 4.78 is 5.99. The molecule has 1 aromatic heterocycles. The van der Waals surface area contributed by atoms with E-state index in [4.69, 9.17) is 16.3 Å². The van der Waals surface area contributed by atoms with Gasteiger partial charge in [-0.05, 0) is 46.3 Å². The van der Waals surface area contributed by atoms with Crippen molar-refractivity contribution in [1.29, 1.82) is 0 Å². The predicted molar refractivity (Wildman–Crippen MR) is 123 cm³/mol. The maximum absolute atomic E-state index is 13.0. The summed E-state index contributed by atoms with van der Waals surface area (Å²) in [5.41, 5.74) is 0.107. The number of nitrogens with zero attached hydrogens (tertiary/aromatic N) is 1. The first-order valence-electron chi connectivity index (χ1n) is 9.03. The van der Waals surface area contributed by atoms with E-state index in [1.165, 1.54) is 11.3 Å². The molecular formula is C19H17BrClN3O4S2. The van der Waals surface area contributed by atoms with Gasteiger partial charge in [0.15, 0.2) is 0 Å². The van der Waals surface area contributed by atoms with Crippen LogP contribution < -0.4 is 15.5 Å². The number of carbonyl (C=O) groups is 3. The molecule has 3 amide bonds. The lowest BCUT2D eigenvalue weighted by atomic mass is 10.0. The molecule has 2 aromatic rings. The molecule has 0 bridgehead atoms. The fourth-order valence-corrected chi connectivity index (χ4v) is 5.69. The van der Waals surface area contributed by atoms with Gasteiger partial charge in [0.1, 0.15) is 12.1 Å². The Morgan fingerprint density at radius 2 is 2.03 bits per heavy atom. The lowest BCUT2D eigenvalue weighted by Gasteiger charge is -2.40. The molecule has 2 N–H and O–H groups in total. The standard InChI is InChI=1S/C19H17BrClN3O4S2/c20-15-4-3-14(30-15)17(26)23-19(9-29-10-19)18(27)22-11-1-2-13(12(21)7-11)24-5-6-28-8-16(24)25/h1-4,7H,5-6,8-10H2,(H,22,27)(H,23,26). The second kappa shape index (κ2) is 8.88. The van der Waals surface area contributed by atoms with Gasteiger partial charge in [0.25, 0.3) is 17.7 Å². The van der Waals surface area contributed by atoms with Crippen molar-refractivity contribution in [3.05, 3.63) is 44.0 Å². The molecule has 158 valence electrons. The van der Waals surface area contributed by atoms with Crippen molar-refractivity contribution in [1.82, 2.24) is 5.32 Å². The van der Waals surface area contributed by atoms with Gasteiger partial charge in [-0.2, -0.15) is 11.8 Å². The Balaban J connectivity index is 1.46. The topological polar surface area (TPSA) is 87.7 Å². The molecule has 0 spiro atoms. The molecule has 2 aliphatic rings. The van der Waals surface area contributed by atoms with Gasteiger partial charge < -0.3 is 20.3 Å². The number of rotatable bonds is 5. The molecule has 4 rings (SSSR count). The first-order valence-corrected chi connectivity index (χ1v) is 12.2. The van der Waals surface area contributed by atoms with Gasteiger partial charge in [-0.1, -0.05) is 11.6 Å². The Kier molecular flexibility index (Phi) is 6.40. The molecule has 0 atom stereocenters. The molecule has 7 nitrogen and oxygen atoms in total. The van der Waals surface area contributed by atoms with Crippen molar-refractivity contribution in [2.24, 2.45) is 0 Å². The first kappa shape index (κ1) is 21.6. The highest BCUT2D eigenvalue weighted by Gasteiger charge is 2.46. The monoisotopic (exact) mass is 529 g/mol. The largest absolute Gasteiger partial charge is 0.370 e. The molecule has 2 fully saturated rings. The van der Waals surface area contributed by atoms with Crippen molar-refractivity contribution in [2.45, 2.75) is 5.54 Å². The van der Waals surface area contributed by atoms with Crippen LogP contribution in [0.15, 0.2) is 34.1 Å². The van der Waals surface area contributed by atoms with Crippen LogP contribution in [0.5, 0.6) is 0 Å². The zero-order chi connectivity index (χ0) is 21.3. The summed E-state index contributed by atoms with van der Waals surface area (Å²) >= 11 is 12.6. The molecule has 11 heteroatoms. The van der Waals surface area contributed by atoms with Crippen molar-refractivity contribution in [3.8, 4) is 0 Å². The zero-order valence-corrected chi connectivity index (χ0v) is 19.5. The van der Waals surface area contributed by atoms with E-state index >= 15 is 0 Å². The third-order valence-electron chi connectivity index (χ3n) is 4.76. The van der Waals surface area contributed by atoms with Gasteiger partial charge >= 0.3 is 0 Å².